The van der Waals surface area contributed by atoms with Gasteiger partial charge in [-0.3, -0.25) is 4.79 Å². The molecule has 0 radical (unpaired) electrons. The molecule has 30 heavy (non-hydrogen) atoms. The molecule has 0 fully saturated rings. The summed E-state index contributed by atoms with van der Waals surface area (Å²) in [6.45, 7) is 0.529. The van der Waals surface area contributed by atoms with Gasteiger partial charge in [0.2, 0.25) is 0 Å². The lowest BCUT2D eigenvalue weighted by molar-refractivity contribution is 0.0954. The zero-order valence-electron chi connectivity index (χ0n) is 16.5. The van der Waals surface area contributed by atoms with Crippen molar-refractivity contribution in [2.45, 2.75) is 6.42 Å². The molecule has 4 aromatic rings. The van der Waals surface area contributed by atoms with Crippen molar-refractivity contribution in [2.75, 3.05) is 13.7 Å². The Balaban J connectivity index is 1.53. The van der Waals surface area contributed by atoms with Gasteiger partial charge in [-0.05, 0) is 63.9 Å². The Morgan fingerprint density at radius 2 is 1.80 bits per heavy atom. The predicted octanol–water partition coefficient (Wildman–Crippen LogP) is 3.31. The maximum Gasteiger partial charge on any atom is 0.251 e. The molecule has 0 aliphatic rings. The fraction of sp³-hybridized carbons (Fsp3) is 0.130. The van der Waals surface area contributed by atoms with Gasteiger partial charge in [0.15, 0.2) is 0 Å². The Hall–Kier alpha value is -4.00. The van der Waals surface area contributed by atoms with Crippen LogP contribution in [0, 0.1) is 0 Å². The van der Waals surface area contributed by atoms with E-state index in [1.54, 1.807) is 17.9 Å². The van der Waals surface area contributed by atoms with Crippen LogP contribution in [0.3, 0.4) is 0 Å². The third-order valence-corrected chi connectivity index (χ3v) is 4.76. The molecule has 3 aromatic carbocycles. The van der Waals surface area contributed by atoms with Crippen molar-refractivity contribution in [3.05, 3.63) is 90.3 Å². The smallest absolute Gasteiger partial charge is 0.251 e. The topological polar surface area (TPSA) is 81.9 Å². The van der Waals surface area contributed by atoms with Crippen molar-refractivity contribution in [3.63, 3.8) is 0 Å². The second-order valence-electron chi connectivity index (χ2n) is 6.74. The van der Waals surface area contributed by atoms with E-state index in [0.29, 0.717) is 12.1 Å². The van der Waals surface area contributed by atoms with Gasteiger partial charge >= 0.3 is 0 Å². The van der Waals surface area contributed by atoms with Crippen LogP contribution in [-0.4, -0.2) is 39.8 Å². The van der Waals surface area contributed by atoms with Crippen molar-refractivity contribution in [1.82, 2.24) is 25.5 Å². The first-order chi connectivity index (χ1) is 14.7. The van der Waals surface area contributed by atoms with Crippen LogP contribution in [0.5, 0.6) is 5.75 Å². The normalized spacial score (nSPS) is 10.6. The van der Waals surface area contributed by atoms with Crippen molar-refractivity contribution < 1.29 is 9.53 Å². The minimum absolute atomic E-state index is 0.143. The predicted molar refractivity (Wildman–Crippen MR) is 114 cm³/mol. The van der Waals surface area contributed by atoms with E-state index in [2.05, 4.69) is 20.8 Å². The van der Waals surface area contributed by atoms with Crippen molar-refractivity contribution >= 4 is 5.91 Å². The first-order valence-electron chi connectivity index (χ1n) is 9.58. The highest BCUT2D eigenvalue weighted by atomic mass is 16.5. The number of benzene rings is 3. The van der Waals surface area contributed by atoms with E-state index in [0.717, 1.165) is 34.5 Å². The molecule has 0 spiro atoms. The highest BCUT2D eigenvalue weighted by Gasteiger charge is 2.11. The first kappa shape index (κ1) is 19.3. The van der Waals surface area contributed by atoms with Gasteiger partial charge in [-0.2, -0.15) is 0 Å². The van der Waals surface area contributed by atoms with Crippen molar-refractivity contribution in [2.24, 2.45) is 0 Å². The van der Waals surface area contributed by atoms with E-state index in [-0.39, 0.29) is 5.91 Å². The van der Waals surface area contributed by atoms with Gasteiger partial charge in [0.25, 0.3) is 5.91 Å². The number of rotatable bonds is 7. The molecule has 0 bridgehead atoms. The molecule has 0 saturated heterocycles. The minimum Gasteiger partial charge on any atom is -0.497 e. The Morgan fingerprint density at radius 3 is 2.50 bits per heavy atom. The molecule has 1 aromatic heterocycles. The van der Waals surface area contributed by atoms with E-state index >= 15 is 0 Å². The molecular weight excluding hydrogens is 378 g/mol. The number of tetrazole rings is 1. The van der Waals surface area contributed by atoms with Gasteiger partial charge in [0.1, 0.15) is 12.1 Å². The number of methoxy groups -OCH3 is 1. The van der Waals surface area contributed by atoms with Crippen LogP contribution in [0.25, 0.3) is 16.8 Å². The fourth-order valence-corrected chi connectivity index (χ4v) is 3.17. The molecule has 7 heteroatoms. The number of hydrogen-bond acceptors (Lipinski definition) is 5. The molecule has 0 saturated carbocycles. The molecule has 4 rings (SSSR count). The summed E-state index contributed by atoms with van der Waals surface area (Å²) >= 11 is 0. The molecule has 150 valence electrons. The van der Waals surface area contributed by atoms with Gasteiger partial charge in [-0.15, -0.1) is 5.10 Å². The Labute approximate surface area is 174 Å². The molecule has 0 aliphatic carbocycles. The minimum atomic E-state index is -0.143. The average Bonchev–Trinajstić information content (AvgIpc) is 3.35. The zero-order valence-corrected chi connectivity index (χ0v) is 16.5. The maximum atomic E-state index is 12.8. The summed E-state index contributed by atoms with van der Waals surface area (Å²) < 4.78 is 6.72. The molecular formula is C23H21N5O2. The monoisotopic (exact) mass is 399 g/mol. The summed E-state index contributed by atoms with van der Waals surface area (Å²) in [7, 11) is 1.64. The largest absolute Gasteiger partial charge is 0.497 e. The second kappa shape index (κ2) is 9.00. The number of ether oxygens (including phenoxy) is 1. The first-order valence-corrected chi connectivity index (χ1v) is 9.58. The highest BCUT2D eigenvalue weighted by Crippen LogP contribution is 2.24. The number of hydrogen-bond donors (Lipinski definition) is 1. The SMILES string of the molecule is COc1ccc(CCNC(=O)c2cc(-c3ccccc3)cc(-n3cnnn3)c2)cc1. The number of aromatic nitrogens is 4. The van der Waals surface area contributed by atoms with Crippen LogP contribution in [-0.2, 0) is 6.42 Å². The van der Waals surface area contributed by atoms with Gasteiger partial charge in [0, 0.05) is 12.1 Å². The number of carbonyl (C=O) groups is 1. The maximum absolute atomic E-state index is 12.8. The second-order valence-corrected chi connectivity index (χ2v) is 6.74. The van der Waals surface area contributed by atoms with Gasteiger partial charge < -0.3 is 10.1 Å². The molecule has 1 heterocycles. The lowest BCUT2D eigenvalue weighted by Gasteiger charge is -2.11. The van der Waals surface area contributed by atoms with Crippen LogP contribution in [0.4, 0.5) is 0 Å². The number of nitrogens with zero attached hydrogens (tertiary/aromatic N) is 4. The van der Waals surface area contributed by atoms with E-state index in [4.69, 9.17) is 4.74 Å². The third-order valence-electron chi connectivity index (χ3n) is 4.76. The molecule has 7 nitrogen and oxygen atoms in total. The molecule has 0 unspecified atom stereocenters. The Morgan fingerprint density at radius 1 is 1.00 bits per heavy atom. The van der Waals surface area contributed by atoms with Crippen LogP contribution < -0.4 is 10.1 Å². The summed E-state index contributed by atoms with van der Waals surface area (Å²) in [5.41, 5.74) is 4.34. The van der Waals surface area contributed by atoms with Crippen LogP contribution in [0.2, 0.25) is 0 Å². The number of amides is 1. The molecule has 1 amide bonds. The standard InChI is InChI=1S/C23H21N5O2/c1-30-22-9-7-17(8-10-22)11-12-24-23(29)20-13-19(18-5-3-2-4-6-18)14-21(15-20)28-16-25-26-27-28/h2-10,13-16H,11-12H2,1H3,(H,24,29). The van der Waals surface area contributed by atoms with E-state index in [1.165, 1.54) is 6.33 Å². The van der Waals surface area contributed by atoms with E-state index in [9.17, 15) is 4.79 Å². The molecule has 0 aliphatic heterocycles. The third kappa shape index (κ3) is 4.52. The quantitative estimate of drug-likeness (QED) is 0.516. The summed E-state index contributed by atoms with van der Waals surface area (Å²) in [6, 6.07) is 23.3. The lowest BCUT2D eigenvalue weighted by atomic mass is 10.0. The molecule has 0 atom stereocenters. The van der Waals surface area contributed by atoms with Crippen molar-refractivity contribution in [3.8, 4) is 22.6 Å². The summed E-state index contributed by atoms with van der Waals surface area (Å²) in [6.07, 6.45) is 2.24. The Bertz CT molecular complexity index is 1110. The summed E-state index contributed by atoms with van der Waals surface area (Å²) in [5, 5.41) is 14.3. The van der Waals surface area contributed by atoms with Crippen molar-refractivity contribution in [1.29, 1.82) is 0 Å². The summed E-state index contributed by atoms with van der Waals surface area (Å²) in [4.78, 5) is 12.8. The zero-order chi connectivity index (χ0) is 20.8. The molecule has 1 N–H and O–H groups in total. The number of nitrogens with one attached hydrogen (secondary N) is 1. The Kier molecular flexibility index (Phi) is 5.80. The van der Waals surface area contributed by atoms with Crippen LogP contribution in [0.15, 0.2) is 79.1 Å². The number of carbonyl (C=O) groups excluding carboxylic acids is 1. The van der Waals surface area contributed by atoms with Gasteiger partial charge in [-0.25, -0.2) is 4.68 Å². The fourth-order valence-electron chi connectivity index (χ4n) is 3.17. The van der Waals surface area contributed by atoms with Gasteiger partial charge in [-0.1, -0.05) is 42.5 Å². The van der Waals surface area contributed by atoms with E-state index in [1.807, 2.05) is 66.7 Å². The van der Waals surface area contributed by atoms with Crippen LogP contribution >= 0.6 is 0 Å². The highest BCUT2D eigenvalue weighted by molar-refractivity contribution is 5.96. The lowest BCUT2D eigenvalue weighted by Crippen LogP contribution is -2.25. The van der Waals surface area contributed by atoms with E-state index < -0.39 is 0 Å². The van der Waals surface area contributed by atoms with Crippen LogP contribution in [0.1, 0.15) is 15.9 Å². The van der Waals surface area contributed by atoms with Gasteiger partial charge in [0.05, 0.1) is 12.8 Å². The summed E-state index contributed by atoms with van der Waals surface area (Å²) in [5.74, 6) is 0.672. The average molecular weight is 399 g/mol.